The second kappa shape index (κ2) is 5.36. The molecule has 0 saturated carbocycles. The lowest BCUT2D eigenvalue weighted by Crippen LogP contribution is -1.96. The zero-order valence-electron chi connectivity index (χ0n) is 8.81. The molecule has 0 aliphatic carbocycles. The first kappa shape index (κ1) is 12.8. The van der Waals surface area contributed by atoms with Crippen molar-refractivity contribution in [3.05, 3.63) is 46.2 Å². The molecule has 2 rings (SSSR count). The van der Waals surface area contributed by atoms with E-state index in [1.54, 1.807) is 11.4 Å². The molecule has 1 aromatic carbocycles. The van der Waals surface area contributed by atoms with Crippen molar-refractivity contribution in [3.63, 3.8) is 0 Å². The quantitative estimate of drug-likeness (QED) is 0.839. The maximum Gasteiger partial charge on any atom is 0.347 e. The molecule has 0 atom stereocenters. The SMILES string of the molecule is O=C(O)c1sccc1SNc1ccc(F)cc1F. The Kier molecular flexibility index (Phi) is 3.83. The summed E-state index contributed by atoms with van der Waals surface area (Å²) in [5.41, 5.74) is 0.101. The largest absolute Gasteiger partial charge is 0.477 e. The summed E-state index contributed by atoms with van der Waals surface area (Å²) in [5, 5.41) is 10.5. The number of anilines is 1. The minimum absolute atomic E-state index is 0.101. The molecule has 2 N–H and O–H groups in total. The third-order valence-electron chi connectivity index (χ3n) is 2.03. The van der Waals surface area contributed by atoms with Crippen molar-refractivity contribution in [1.82, 2.24) is 0 Å². The van der Waals surface area contributed by atoms with E-state index in [0.717, 1.165) is 35.4 Å². The highest BCUT2D eigenvalue weighted by Gasteiger charge is 2.13. The number of nitrogens with one attached hydrogen (secondary N) is 1. The van der Waals surface area contributed by atoms with Gasteiger partial charge in [-0.1, -0.05) is 0 Å². The van der Waals surface area contributed by atoms with E-state index in [-0.39, 0.29) is 10.6 Å². The van der Waals surface area contributed by atoms with Gasteiger partial charge in [0.1, 0.15) is 16.5 Å². The van der Waals surface area contributed by atoms with Crippen molar-refractivity contribution in [2.45, 2.75) is 4.90 Å². The van der Waals surface area contributed by atoms with Gasteiger partial charge in [-0.15, -0.1) is 11.3 Å². The average Bonchev–Trinajstić information content (AvgIpc) is 2.76. The molecular weight excluding hydrogens is 280 g/mol. The minimum atomic E-state index is -1.03. The number of carboxylic acid groups (broad SMARTS) is 1. The third kappa shape index (κ3) is 2.80. The molecule has 94 valence electrons. The molecule has 0 amide bonds. The van der Waals surface area contributed by atoms with Crippen LogP contribution >= 0.6 is 23.3 Å². The van der Waals surface area contributed by atoms with Gasteiger partial charge in [0, 0.05) is 6.07 Å². The first-order chi connectivity index (χ1) is 8.58. The lowest BCUT2D eigenvalue weighted by Gasteiger charge is -2.06. The Hall–Kier alpha value is -1.60. The van der Waals surface area contributed by atoms with Gasteiger partial charge in [-0.2, -0.15) is 0 Å². The zero-order valence-corrected chi connectivity index (χ0v) is 10.4. The van der Waals surface area contributed by atoms with Crippen molar-refractivity contribution >= 4 is 34.9 Å². The molecular formula is C11H7F2NO2S2. The summed E-state index contributed by atoms with van der Waals surface area (Å²) in [6.07, 6.45) is 0. The molecule has 0 aliphatic heterocycles. The summed E-state index contributed by atoms with van der Waals surface area (Å²) in [6, 6.07) is 4.75. The van der Waals surface area contributed by atoms with Crippen LogP contribution in [0.1, 0.15) is 9.67 Å². The van der Waals surface area contributed by atoms with Gasteiger partial charge < -0.3 is 9.83 Å². The Morgan fingerprint density at radius 2 is 2.11 bits per heavy atom. The van der Waals surface area contributed by atoms with Gasteiger partial charge in [-0.3, -0.25) is 0 Å². The van der Waals surface area contributed by atoms with Crippen LogP contribution in [-0.2, 0) is 0 Å². The fourth-order valence-electron chi connectivity index (χ4n) is 1.22. The summed E-state index contributed by atoms with van der Waals surface area (Å²) in [7, 11) is 0. The van der Waals surface area contributed by atoms with Crippen molar-refractivity contribution in [3.8, 4) is 0 Å². The smallest absolute Gasteiger partial charge is 0.347 e. The number of carbonyl (C=O) groups is 1. The van der Waals surface area contributed by atoms with E-state index >= 15 is 0 Å². The van der Waals surface area contributed by atoms with Gasteiger partial charge in [0.2, 0.25) is 0 Å². The van der Waals surface area contributed by atoms with Crippen LogP contribution in [0.3, 0.4) is 0 Å². The molecule has 2 aromatic rings. The summed E-state index contributed by atoms with van der Waals surface area (Å²) in [5.74, 6) is -2.42. The van der Waals surface area contributed by atoms with Gasteiger partial charge in [-0.05, 0) is 35.5 Å². The number of aromatic carboxylic acids is 1. The van der Waals surface area contributed by atoms with E-state index in [9.17, 15) is 13.6 Å². The van der Waals surface area contributed by atoms with E-state index in [1.807, 2.05) is 0 Å². The normalized spacial score (nSPS) is 10.3. The van der Waals surface area contributed by atoms with Gasteiger partial charge >= 0.3 is 5.97 Å². The maximum absolute atomic E-state index is 13.3. The van der Waals surface area contributed by atoms with Gasteiger partial charge in [0.25, 0.3) is 0 Å². The van der Waals surface area contributed by atoms with Crippen LogP contribution in [0.15, 0.2) is 34.5 Å². The van der Waals surface area contributed by atoms with Crippen LogP contribution in [-0.4, -0.2) is 11.1 Å². The van der Waals surface area contributed by atoms with Crippen LogP contribution in [0.4, 0.5) is 14.5 Å². The van der Waals surface area contributed by atoms with E-state index < -0.39 is 17.6 Å². The standard InChI is InChI=1S/C11H7F2NO2S2/c12-6-1-2-8(7(13)5-6)14-18-9-3-4-17-10(9)11(15)16/h1-5,14H,(H,15,16). The van der Waals surface area contributed by atoms with Crippen LogP contribution < -0.4 is 4.72 Å². The molecule has 0 aliphatic rings. The number of benzene rings is 1. The zero-order chi connectivity index (χ0) is 13.1. The van der Waals surface area contributed by atoms with Crippen molar-refractivity contribution in [2.24, 2.45) is 0 Å². The van der Waals surface area contributed by atoms with E-state index in [0.29, 0.717) is 4.90 Å². The molecule has 0 radical (unpaired) electrons. The topological polar surface area (TPSA) is 49.3 Å². The first-order valence-corrected chi connectivity index (χ1v) is 6.46. The number of halogens is 2. The lowest BCUT2D eigenvalue weighted by molar-refractivity contribution is 0.0699. The summed E-state index contributed by atoms with van der Waals surface area (Å²) >= 11 is 2.06. The third-order valence-corrected chi connectivity index (χ3v) is 3.94. The second-order valence-corrected chi connectivity index (χ2v) is 5.01. The summed E-state index contributed by atoms with van der Waals surface area (Å²) in [4.78, 5) is 11.5. The molecule has 0 spiro atoms. The number of hydrogen-bond acceptors (Lipinski definition) is 4. The van der Waals surface area contributed by atoms with Crippen LogP contribution in [0.2, 0.25) is 0 Å². The molecule has 7 heteroatoms. The Morgan fingerprint density at radius 1 is 1.33 bits per heavy atom. The number of hydrogen-bond donors (Lipinski definition) is 2. The fraction of sp³-hybridized carbons (Fsp3) is 0. The molecule has 0 unspecified atom stereocenters. The van der Waals surface area contributed by atoms with Crippen LogP contribution in [0.5, 0.6) is 0 Å². The molecule has 0 bridgehead atoms. The highest BCUT2D eigenvalue weighted by atomic mass is 32.2. The lowest BCUT2D eigenvalue weighted by atomic mass is 10.3. The predicted octanol–water partition coefficient (Wildman–Crippen LogP) is 3.84. The molecule has 18 heavy (non-hydrogen) atoms. The van der Waals surface area contributed by atoms with Crippen molar-refractivity contribution in [1.29, 1.82) is 0 Å². The minimum Gasteiger partial charge on any atom is -0.477 e. The Bertz CT molecular complexity index is 586. The van der Waals surface area contributed by atoms with Crippen LogP contribution in [0, 0.1) is 11.6 Å². The monoisotopic (exact) mass is 287 g/mol. The highest BCUT2D eigenvalue weighted by Crippen LogP contribution is 2.29. The average molecular weight is 287 g/mol. The van der Waals surface area contributed by atoms with Crippen LogP contribution in [0.25, 0.3) is 0 Å². The number of carboxylic acids is 1. The predicted molar refractivity (Wildman–Crippen MR) is 67.1 cm³/mol. The van der Waals surface area contributed by atoms with Gasteiger partial charge in [0.05, 0.1) is 10.6 Å². The maximum atomic E-state index is 13.3. The number of rotatable bonds is 4. The Morgan fingerprint density at radius 3 is 2.78 bits per heavy atom. The van der Waals surface area contributed by atoms with E-state index in [1.165, 1.54) is 6.07 Å². The molecule has 1 aromatic heterocycles. The first-order valence-electron chi connectivity index (χ1n) is 4.76. The molecule has 3 nitrogen and oxygen atoms in total. The fourth-order valence-corrected chi connectivity index (χ4v) is 2.90. The molecule has 0 fully saturated rings. The second-order valence-electron chi connectivity index (χ2n) is 3.25. The highest BCUT2D eigenvalue weighted by molar-refractivity contribution is 8.00. The van der Waals surface area contributed by atoms with E-state index in [4.69, 9.17) is 5.11 Å². The van der Waals surface area contributed by atoms with Crippen molar-refractivity contribution < 1.29 is 18.7 Å². The molecule has 1 heterocycles. The molecule has 0 saturated heterocycles. The van der Waals surface area contributed by atoms with Gasteiger partial charge in [0.15, 0.2) is 0 Å². The summed E-state index contributed by atoms with van der Waals surface area (Å²) in [6.45, 7) is 0. The van der Waals surface area contributed by atoms with E-state index in [2.05, 4.69) is 4.72 Å². The van der Waals surface area contributed by atoms with Gasteiger partial charge in [-0.25, -0.2) is 13.6 Å². The number of thiophene rings is 1. The Labute approximate surface area is 110 Å². The Balaban J connectivity index is 2.11. The summed E-state index contributed by atoms with van der Waals surface area (Å²) < 4.78 is 28.6. The van der Waals surface area contributed by atoms with Crippen molar-refractivity contribution in [2.75, 3.05) is 4.72 Å².